The Bertz CT molecular complexity index is 189. The van der Waals surface area contributed by atoms with Crippen molar-refractivity contribution in [1.82, 2.24) is 5.43 Å². The van der Waals surface area contributed by atoms with Gasteiger partial charge in [-0.3, -0.25) is 9.59 Å². The van der Waals surface area contributed by atoms with E-state index in [0.29, 0.717) is 6.61 Å². The average molecular weight is 172 g/mol. The molecule has 12 heavy (non-hydrogen) atoms. The molecule has 5 heteroatoms. The highest BCUT2D eigenvalue weighted by molar-refractivity contribution is 5.86. The smallest absolute Gasteiger partial charge is 0.311 e. The first-order valence-electron chi connectivity index (χ1n) is 3.60. The van der Waals surface area contributed by atoms with Crippen LogP contribution in [0.2, 0.25) is 0 Å². The van der Waals surface area contributed by atoms with Crippen LogP contribution in [0, 0.1) is 0 Å². The maximum Gasteiger partial charge on any atom is 0.311 e. The van der Waals surface area contributed by atoms with Gasteiger partial charge in [0.05, 0.1) is 13.0 Å². The molecule has 0 aromatic rings. The number of esters is 1. The standard InChI is InChI=1S/C7H12N2O3/c1-3-12-7(11)4-5-8-9-6(2)10/h5H,3-4H2,1-2H3,(H,9,10). The predicted octanol–water partition coefficient (Wildman–Crippen LogP) is 0.0615. The Labute approximate surface area is 70.8 Å². The molecule has 0 aliphatic carbocycles. The Kier molecular flexibility index (Phi) is 5.60. The largest absolute Gasteiger partial charge is 0.466 e. The van der Waals surface area contributed by atoms with E-state index in [9.17, 15) is 9.59 Å². The number of carbonyl (C=O) groups is 2. The molecular formula is C7H12N2O3. The third-order valence-electron chi connectivity index (χ3n) is 0.877. The van der Waals surface area contributed by atoms with Crippen LogP contribution in [0.1, 0.15) is 20.3 Å². The zero-order chi connectivity index (χ0) is 9.40. The van der Waals surface area contributed by atoms with E-state index in [4.69, 9.17) is 0 Å². The van der Waals surface area contributed by atoms with Gasteiger partial charge < -0.3 is 4.74 Å². The van der Waals surface area contributed by atoms with Crippen LogP contribution in [0.4, 0.5) is 0 Å². The van der Waals surface area contributed by atoms with Crippen molar-refractivity contribution in [2.75, 3.05) is 6.61 Å². The number of ether oxygens (including phenoxy) is 1. The molecule has 0 radical (unpaired) electrons. The van der Waals surface area contributed by atoms with E-state index in [1.807, 2.05) is 0 Å². The summed E-state index contributed by atoms with van der Waals surface area (Å²) in [6, 6.07) is 0. The lowest BCUT2D eigenvalue weighted by Gasteiger charge is -1.96. The van der Waals surface area contributed by atoms with Gasteiger partial charge in [-0.15, -0.1) is 0 Å². The molecule has 1 amide bonds. The molecule has 0 atom stereocenters. The van der Waals surface area contributed by atoms with Crippen molar-refractivity contribution in [2.45, 2.75) is 20.3 Å². The van der Waals surface area contributed by atoms with Crippen LogP contribution < -0.4 is 5.43 Å². The molecule has 1 N–H and O–H groups in total. The SMILES string of the molecule is CCOC(=O)CC=NNC(C)=O. The number of nitrogens with zero attached hydrogens (tertiary/aromatic N) is 1. The minimum Gasteiger partial charge on any atom is -0.466 e. The van der Waals surface area contributed by atoms with Gasteiger partial charge in [0, 0.05) is 13.1 Å². The monoisotopic (exact) mass is 172 g/mol. The molecule has 0 aromatic carbocycles. The lowest BCUT2D eigenvalue weighted by Crippen LogP contribution is -2.13. The fraction of sp³-hybridized carbons (Fsp3) is 0.571. The first-order valence-corrected chi connectivity index (χ1v) is 3.60. The Hall–Kier alpha value is -1.39. The van der Waals surface area contributed by atoms with E-state index in [0.717, 1.165) is 0 Å². The number of nitrogens with one attached hydrogen (secondary N) is 1. The van der Waals surface area contributed by atoms with E-state index in [1.165, 1.54) is 13.1 Å². The molecule has 0 spiro atoms. The van der Waals surface area contributed by atoms with Gasteiger partial charge in [0.25, 0.3) is 0 Å². The third-order valence-corrected chi connectivity index (χ3v) is 0.877. The second-order valence-corrected chi connectivity index (χ2v) is 1.99. The summed E-state index contributed by atoms with van der Waals surface area (Å²) in [6.45, 7) is 3.41. The van der Waals surface area contributed by atoms with Crippen molar-refractivity contribution in [3.8, 4) is 0 Å². The van der Waals surface area contributed by atoms with E-state index in [-0.39, 0.29) is 18.3 Å². The highest BCUT2D eigenvalue weighted by Crippen LogP contribution is 1.81. The van der Waals surface area contributed by atoms with E-state index < -0.39 is 0 Å². The summed E-state index contributed by atoms with van der Waals surface area (Å²) in [7, 11) is 0. The molecule has 0 heterocycles. The van der Waals surface area contributed by atoms with Crippen LogP contribution in [0.5, 0.6) is 0 Å². The lowest BCUT2D eigenvalue weighted by molar-refractivity contribution is -0.141. The normalized spacial score (nSPS) is 9.83. The molecule has 0 saturated carbocycles. The van der Waals surface area contributed by atoms with Crippen molar-refractivity contribution in [1.29, 1.82) is 0 Å². The van der Waals surface area contributed by atoms with Crippen LogP contribution >= 0.6 is 0 Å². The first kappa shape index (κ1) is 10.6. The number of rotatable bonds is 4. The van der Waals surface area contributed by atoms with E-state index in [1.54, 1.807) is 6.92 Å². The van der Waals surface area contributed by atoms with Crippen LogP contribution in [0.15, 0.2) is 5.10 Å². The Morgan fingerprint density at radius 2 is 2.25 bits per heavy atom. The molecule has 0 rings (SSSR count). The van der Waals surface area contributed by atoms with Crippen LogP contribution in [0.25, 0.3) is 0 Å². The minimum absolute atomic E-state index is 0.0775. The first-order chi connectivity index (χ1) is 5.66. The second-order valence-electron chi connectivity index (χ2n) is 1.99. The fourth-order valence-electron chi connectivity index (χ4n) is 0.477. The van der Waals surface area contributed by atoms with Gasteiger partial charge in [-0.05, 0) is 6.92 Å². The second kappa shape index (κ2) is 6.33. The van der Waals surface area contributed by atoms with Gasteiger partial charge in [0.2, 0.25) is 5.91 Å². The van der Waals surface area contributed by atoms with Gasteiger partial charge >= 0.3 is 5.97 Å². The molecular weight excluding hydrogens is 160 g/mol. The number of hydrazone groups is 1. The highest BCUT2D eigenvalue weighted by Gasteiger charge is 1.96. The number of hydrogen-bond acceptors (Lipinski definition) is 4. The summed E-state index contributed by atoms with van der Waals surface area (Å²) >= 11 is 0. The molecule has 0 unspecified atom stereocenters. The number of hydrogen-bond donors (Lipinski definition) is 1. The maximum absolute atomic E-state index is 10.7. The summed E-state index contributed by atoms with van der Waals surface area (Å²) in [6.07, 6.45) is 1.37. The summed E-state index contributed by atoms with van der Waals surface area (Å²) in [5.41, 5.74) is 2.17. The molecule has 0 bridgehead atoms. The van der Waals surface area contributed by atoms with E-state index in [2.05, 4.69) is 15.3 Å². The fourth-order valence-corrected chi connectivity index (χ4v) is 0.477. The summed E-state index contributed by atoms with van der Waals surface area (Å²) in [5.74, 6) is -0.623. The molecule has 5 nitrogen and oxygen atoms in total. The summed E-state index contributed by atoms with van der Waals surface area (Å²) < 4.78 is 4.61. The third kappa shape index (κ3) is 6.73. The van der Waals surface area contributed by atoms with Crippen molar-refractivity contribution in [3.05, 3.63) is 0 Å². The molecule has 68 valence electrons. The molecule has 0 fully saturated rings. The van der Waals surface area contributed by atoms with Crippen molar-refractivity contribution < 1.29 is 14.3 Å². The molecule has 0 aromatic heterocycles. The van der Waals surface area contributed by atoms with Crippen molar-refractivity contribution >= 4 is 18.1 Å². The summed E-state index contributed by atoms with van der Waals surface area (Å²) in [4.78, 5) is 20.9. The number of amides is 1. The van der Waals surface area contributed by atoms with Gasteiger partial charge in [0.1, 0.15) is 0 Å². The van der Waals surface area contributed by atoms with Crippen LogP contribution in [-0.2, 0) is 14.3 Å². The predicted molar refractivity (Wildman–Crippen MR) is 43.6 cm³/mol. The van der Waals surface area contributed by atoms with Gasteiger partial charge in [-0.25, -0.2) is 5.43 Å². The van der Waals surface area contributed by atoms with Gasteiger partial charge in [-0.1, -0.05) is 0 Å². The van der Waals surface area contributed by atoms with Crippen molar-refractivity contribution in [2.24, 2.45) is 5.10 Å². The topological polar surface area (TPSA) is 67.8 Å². The minimum atomic E-state index is -0.355. The highest BCUT2D eigenvalue weighted by atomic mass is 16.5. The van der Waals surface area contributed by atoms with E-state index >= 15 is 0 Å². The van der Waals surface area contributed by atoms with Crippen LogP contribution in [-0.4, -0.2) is 24.7 Å². The zero-order valence-electron chi connectivity index (χ0n) is 7.16. The average Bonchev–Trinajstić information content (AvgIpc) is 1.98. The maximum atomic E-state index is 10.7. The molecule has 0 aliphatic heterocycles. The summed E-state index contributed by atoms with van der Waals surface area (Å²) in [5, 5.41) is 3.47. The van der Waals surface area contributed by atoms with Gasteiger partial charge in [-0.2, -0.15) is 5.10 Å². The van der Waals surface area contributed by atoms with Crippen LogP contribution in [0.3, 0.4) is 0 Å². The van der Waals surface area contributed by atoms with Gasteiger partial charge in [0.15, 0.2) is 0 Å². The molecule has 0 aliphatic rings. The quantitative estimate of drug-likeness (QED) is 0.370. The number of carbonyl (C=O) groups excluding carboxylic acids is 2. The Balaban J connectivity index is 3.46. The zero-order valence-corrected chi connectivity index (χ0v) is 7.16. The Morgan fingerprint density at radius 1 is 1.58 bits per heavy atom. The molecule has 0 saturated heterocycles. The van der Waals surface area contributed by atoms with Crippen molar-refractivity contribution in [3.63, 3.8) is 0 Å². The lowest BCUT2D eigenvalue weighted by atomic mass is 10.5. The Morgan fingerprint density at radius 3 is 2.75 bits per heavy atom.